The highest BCUT2D eigenvalue weighted by atomic mass is 79.9. The van der Waals surface area contributed by atoms with Gasteiger partial charge in [0.15, 0.2) is 6.79 Å². The molecule has 0 saturated heterocycles. The van der Waals surface area contributed by atoms with E-state index in [0.29, 0.717) is 17.7 Å². The number of fused-ring (bicyclic) bond motifs is 1. The van der Waals surface area contributed by atoms with Gasteiger partial charge in [0, 0.05) is 29.4 Å². The SMILES string of the molecule is COCOc1cccc2cnc(NC(=O)C(C)(C)CCBr)nc12. The number of methoxy groups -OCH3 is 1. The molecule has 1 heterocycles. The Hall–Kier alpha value is -1.73. The third-order valence-electron chi connectivity index (χ3n) is 3.47. The summed E-state index contributed by atoms with van der Waals surface area (Å²) < 4.78 is 10.4. The minimum atomic E-state index is -0.506. The Morgan fingerprint density at radius 2 is 2.17 bits per heavy atom. The molecule has 0 unspecified atom stereocenters. The zero-order valence-electron chi connectivity index (χ0n) is 13.4. The highest BCUT2D eigenvalue weighted by molar-refractivity contribution is 9.09. The number of halogens is 1. The standard InChI is InChI=1S/C16H20BrN3O3/c1-16(2,7-8-17)14(21)20-15-18-9-11-5-4-6-12(13(11)19-15)23-10-22-3/h4-6,9H,7-8,10H2,1-3H3,(H,18,19,20,21). The summed E-state index contributed by atoms with van der Waals surface area (Å²) in [5.41, 5.74) is 0.126. The van der Waals surface area contributed by atoms with Crippen LogP contribution < -0.4 is 10.1 Å². The number of nitrogens with zero attached hydrogens (tertiary/aromatic N) is 2. The van der Waals surface area contributed by atoms with Crippen LogP contribution in [0.25, 0.3) is 10.9 Å². The molecule has 6 nitrogen and oxygen atoms in total. The molecule has 0 radical (unpaired) electrons. The topological polar surface area (TPSA) is 73.3 Å². The molecule has 0 spiro atoms. The van der Waals surface area contributed by atoms with Gasteiger partial charge in [-0.3, -0.25) is 10.1 Å². The van der Waals surface area contributed by atoms with Crippen LogP contribution in [0, 0.1) is 5.41 Å². The average molecular weight is 382 g/mol. The maximum Gasteiger partial charge on any atom is 0.232 e. The van der Waals surface area contributed by atoms with E-state index in [-0.39, 0.29) is 18.6 Å². The molecular formula is C16H20BrN3O3. The number of para-hydroxylation sites is 1. The second-order valence-electron chi connectivity index (χ2n) is 5.72. The lowest BCUT2D eigenvalue weighted by Gasteiger charge is -2.21. The monoisotopic (exact) mass is 381 g/mol. The zero-order chi connectivity index (χ0) is 16.9. The fourth-order valence-electron chi connectivity index (χ4n) is 1.95. The smallest absolute Gasteiger partial charge is 0.232 e. The molecule has 0 aliphatic rings. The van der Waals surface area contributed by atoms with E-state index < -0.39 is 5.41 Å². The molecule has 0 aliphatic heterocycles. The van der Waals surface area contributed by atoms with Gasteiger partial charge >= 0.3 is 0 Å². The molecule has 23 heavy (non-hydrogen) atoms. The van der Waals surface area contributed by atoms with E-state index >= 15 is 0 Å². The molecule has 1 amide bonds. The second-order valence-corrected chi connectivity index (χ2v) is 6.51. The minimum absolute atomic E-state index is 0.119. The highest BCUT2D eigenvalue weighted by Crippen LogP contribution is 2.26. The van der Waals surface area contributed by atoms with E-state index in [1.807, 2.05) is 26.0 Å². The quantitative estimate of drug-likeness (QED) is 0.587. The highest BCUT2D eigenvalue weighted by Gasteiger charge is 2.27. The van der Waals surface area contributed by atoms with Crippen LogP contribution >= 0.6 is 15.9 Å². The van der Waals surface area contributed by atoms with E-state index in [9.17, 15) is 4.79 Å². The Morgan fingerprint density at radius 1 is 1.39 bits per heavy atom. The van der Waals surface area contributed by atoms with Crippen molar-refractivity contribution in [2.45, 2.75) is 20.3 Å². The summed E-state index contributed by atoms with van der Waals surface area (Å²) >= 11 is 3.37. The molecule has 0 saturated carbocycles. The van der Waals surface area contributed by atoms with Gasteiger partial charge in [0.05, 0.1) is 0 Å². The molecule has 0 bridgehead atoms. The zero-order valence-corrected chi connectivity index (χ0v) is 15.0. The summed E-state index contributed by atoms with van der Waals surface area (Å²) in [6, 6.07) is 5.54. The number of nitrogens with one attached hydrogen (secondary N) is 1. The maximum atomic E-state index is 12.4. The van der Waals surface area contributed by atoms with Gasteiger partial charge in [0.1, 0.15) is 11.3 Å². The van der Waals surface area contributed by atoms with E-state index in [1.165, 1.54) is 0 Å². The van der Waals surface area contributed by atoms with Gasteiger partial charge in [0.25, 0.3) is 0 Å². The lowest BCUT2D eigenvalue weighted by molar-refractivity contribution is -0.124. The summed E-state index contributed by atoms with van der Waals surface area (Å²) in [7, 11) is 1.55. The molecule has 0 fully saturated rings. The van der Waals surface area contributed by atoms with Crippen molar-refractivity contribution < 1.29 is 14.3 Å². The van der Waals surface area contributed by atoms with Crippen LogP contribution in [0.15, 0.2) is 24.4 Å². The molecule has 0 aliphatic carbocycles. The van der Waals surface area contributed by atoms with E-state index in [2.05, 4.69) is 31.2 Å². The molecule has 1 aromatic heterocycles. The first-order valence-electron chi connectivity index (χ1n) is 7.23. The molecule has 124 valence electrons. The minimum Gasteiger partial charge on any atom is -0.465 e. The number of alkyl halides is 1. The second kappa shape index (κ2) is 7.70. The van der Waals surface area contributed by atoms with Crippen LogP contribution in [-0.2, 0) is 9.53 Å². The van der Waals surface area contributed by atoms with Crippen molar-refractivity contribution in [3.8, 4) is 5.75 Å². The van der Waals surface area contributed by atoms with Crippen LogP contribution in [-0.4, -0.2) is 35.1 Å². The van der Waals surface area contributed by atoms with Gasteiger partial charge in [-0.15, -0.1) is 0 Å². The van der Waals surface area contributed by atoms with Crippen molar-refractivity contribution in [1.29, 1.82) is 0 Å². The average Bonchev–Trinajstić information content (AvgIpc) is 2.52. The Morgan fingerprint density at radius 3 is 2.87 bits per heavy atom. The fraction of sp³-hybridized carbons (Fsp3) is 0.438. The number of anilines is 1. The first kappa shape index (κ1) is 17.6. The number of amides is 1. The van der Waals surface area contributed by atoms with Gasteiger partial charge in [-0.1, -0.05) is 41.9 Å². The van der Waals surface area contributed by atoms with Crippen LogP contribution in [0.4, 0.5) is 5.95 Å². The molecule has 0 atom stereocenters. The van der Waals surface area contributed by atoms with Gasteiger partial charge < -0.3 is 9.47 Å². The lowest BCUT2D eigenvalue weighted by atomic mass is 9.89. The number of aromatic nitrogens is 2. The van der Waals surface area contributed by atoms with E-state index in [4.69, 9.17) is 9.47 Å². The summed E-state index contributed by atoms with van der Waals surface area (Å²) in [5.74, 6) is 0.729. The van der Waals surface area contributed by atoms with Crippen molar-refractivity contribution in [2.24, 2.45) is 5.41 Å². The van der Waals surface area contributed by atoms with Crippen molar-refractivity contribution in [1.82, 2.24) is 9.97 Å². The number of rotatable bonds is 7. The largest absolute Gasteiger partial charge is 0.465 e. The number of benzene rings is 1. The van der Waals surface area contributed by atoms with Crippen molar-refractivity contribution in [3.63, 3.8) is 0 Å². The molecular weight excluding hydrogens is 362 g/mol. The van der Waals surface area contributed by atoms with Crippen LogP contribution in [0.3, 0.4) is 0 Å². The van der Waals surface area contributed by atoms with Crippen molar-refractivity contribution in [3.05, 3.63) is 24.4 Å². The molecule has 2 aromatic rings. The first-order valence-corrected chi connectivity index (χ1v) is 8.35. The fourth-order valence-corrected chi connectivity index (χ4v) is 2.94. The molecule has 2 rings (SSSR count). The Labute approximate surface area is 143 Å². The van der Waals surface area contributed by atoms with Crippen LogP contribution in [0.2, 0.25) is 0 Å². The Kier molecular flexibility index (Phi) is 5.90. The first-order chi connectivity index (χ1) is 11.0. The van der Waals surface area contributed by atoms with E-state index in [1.54, 1.807) is 19.4 Å². The van der Waals surface area contributed by atoms with Gasteiger partial charge in [-0.05, 0) is 12.5 Å². The maximum absolute atomic E-state index is 12.4. The van der Waals surface area contributed by atoms with E-state index in [0.717, 1.165) is 10.7 Å². The van der Waals surface area contributed by atoms with Crippen LogP contribution in [0.5, 0.6) is 5.75 Å². The summed E-state index contributed by atoms with van der Waals surface area (Å²) in [5, 5.41) is 4.35. The third-order valence-corrected chi connectivity index (χ3v) is 3.86. The lowest BCUT2D eigenvalue weighted by Crippen LogP contribution is -2.31. The number of carbonyl (C=O) groups excluding carboxylic acids is 1. The van der Waals surface area contributed by atoms with Crippen molar-refractivity contribution >= 4 is 38.7 Å². The normalized spacial score (nSPS) is 11.5. The van der Waals surface area contributed by atoms with Gasteiger partial charge in [-0.2, -0.15) is 0 Å². The van der Waals surface area contributed by atoms with Gasteiger partial charge in [-0.25, -0.2) is 9.97 Å². The molecule has 7 heteroatoms. The summed E-state index contributed by atoms with van der Waals surface area (Å²) in [6.45, 7) is 3.90. The third kappa shape index (κ3) is 4.39. The predicted octanol–water partition coefficient (Wildman–Crippen LogP) is 3.36. The molecule has 1 N–H and O–H groups in total. The Balaban J connectivity index is 2.27. The number of hydrogen-bond donors (Lipinski definition) is 1. The Bertz CT molecular complexity index is 691. The summed E-state index contributed by atoms with van der Waals surface area (Å²) in [6.07, 6.45) is 2.38. The van der Waals surface area contributed by atoms with Crippen molar-refractivity contribution in [2.75, 3.05) is 24.5 Å². The number of hydrogen-bond acceptors (Lipinski definition) is 5. The summed E-state index contributed by atoms with van der Waals surface area (Å²) in [4.78, 5) is 21.0. The van der Waals surface area contributed by atoms with Gasteiger partial charge in [0.2, 0.25) is 11.9 Å². The predicted molar refractivity (Wildman–Crippen MR) is 92.9 cm³/mol. The molecule has 1 aromatic carbocycles. The number of ether oxygens (including phenoxy) is 2. The van der Waals surface area contributed by atoms with Crippen LogP contribution in [0.1, 0.15) is 20.3 Å². The number of carbonyl (C=O) groups is 1.